The van der Waals surface area contributed by atoms with Crippen molar-refractivity contribution in [3.63, 3.8) is 0 Å². The first kappa shape index (κ1) is 15.5. The Morgan fingerprint density at radius 2 is 1.89 bits per heavy atom. The molecule has 0 N–H and O–H groups in total. The van der Waals surface area contributed by atoms with Crippen molar-refractivity contribution in [1.29, 1.82) is 0 Å². The van der Waals surface area contributed by atoms with Crippen molar-refractivity contribution in [3.05, 3.63) is 30.3 Å². The van der Waals surface area contributed by atoms with E-state index < -0.39 is 0 Å². The van der Waals surface area contributed by atoms with Crippen molar-refractivity contribution in [1.82, 2.24) is 0 Å². The average molecular weight is 263 g/mol. The van der Waals surface area contributed by atoms with Gasteiger partial charge in [-0.3, -0.25) is 4.79 Å². The van der Waals surface area contributed by atoms with Crippen LogP contribution in [0.1, 0.15) is 45.4 Å². The third-order valence-electron chi connectivity index (χ3n) is 2.74. The van der Waals surface area contributed by atoms with Crippen molar-refractivity contribution >= 4 is 5.97 Å². The first-order valence-electron chi connectivity index (χ1n) is 7.07. The van der Waals surface area contributed by atoms with E-state index in [1.165, 1.54) is 12.8 Å². The highest BCUT2D eigenvalue weighted by atomic mass is 16.5. The molecule has 19 heavy (non-hydrogen) atoms. The van der Waals surface area contributed by atoms with E-state index in [0.717, 1.165) is 18.6 Å². The summed E-state index contributed by atoms with van der Waals surface area (Å²) in [6.07, 6.45) is 5.62. The number of carbonyl (C=O) groups is 1. The predicted octanol–water partition coefficient (Wildman–Crippen LogP) is 3.77. The molecule has 0 aliphatic carbocycles. The van der Waals surface area contributed by atoms with Crippen LogP contribution < -0.4 is 4.74 Å². The monoisotopic (exact) mass is 263 g/mol. The minimum atomic E-state index is -0.124. The van der Waals surface area contributed by atoms with Crippen LogP contribution in [-0.4, -0.2) is 19.2 Å². The fourth-order valence-electron chi connectivity index (χ4n) is 1.66. The van der Waals surface area contributed by atoms with E-state index in [2.05, 4.69) is 13.0 Å². The molecule has 0 fully saturated rings. The summed E-state index contributed by atoms with van der Waals surface area (Å²) in [5, 5.41) is 0. The zero-order valence-electron chi connectivity index (χ0n) is 11.7. The third kappa shape index (κ3) is 8.25. The molecular formula is C16H23O3. The van der Waals surface area contributed by atoms with Gasteiger partial charge in [-0.2, -0.15) is 0 Å². The van der Waals surface area contributed by atoms with Gasteiger partial charge in [0, 0.05) is 6.42 Å². The lowest BCUT2D eigenvalue weighted by molar-refractivity contribution is -0.144. The Bertz CT molecular complexity index is 335. The van der Waals surface area contributed by atoms with Gasteiger partial charge in [-0.1, -0.05) is 38.3 Å². The molecule has 1 aromatic rings. The topological polar surface area (TPSA) is 35.5 Å². The lowest BCUT2D eigenvalue weighted by atomic mass is 10.2. The van der Waals surface area contributed by atoms with Crippen molar-refractivity contribution in [2.24, 2.45) is 0 Å². The fourth-order valence-corrected chi connectivity index (χ4v) is 1.66. The van der Waals surface area contributed by atoms with E-state index in [4.69, 9.17) is 9.47 Å². The van der Waals surface area contributed by atoms with E-state index in [0.29, 0.717) is 26.1 Å². The maximum absolute atomic E-state index is 11.4. The molecule has 0 amide bonds. The quantitative estimate of drug-likeness (QED) is 0.476. The van der Waals surface area contributed by atoms with Gasteiger partial charge >= 0.3 is 5.97 Å². The molecule has 0 atom stereocenters. The molecule has 0 saturated carbocycles. The minimum Gasteiger partial charge on any atom is -0.494 e. The van der Waals surface area contributed by atoms with Crippen LogP contribution in [0.2, 0.25) is 0 Å². The summed E-state index contributed by atoms with van der Waals surface area (Å²) in [5.74, 6) is 0.688. The molecule has 0 heterocycles. The summed E-state index contributed by atoms with van der Waals surface area (Å²) in [7, 11) is 0. The summed E-state index contributed by atoms with van der Waals surface area (Å²) in [6, 6.07) is 10.2. The SMILES string of the molecule is CCCCCCOC(=O)CCCOc1cc[c]cc1. The first-order chi connectivity index (χ1) is 9.33. The van der Waals surface area contributed by atoms with Crippen molar-refractivity contribution < 1.29 is 14.3 Å². The van der Waals surface area contributed by atoms with Crippen LogP contribution in [0.5, 0.6) is 5.75 Å². The number of rotatable bonds is 10. The lowest BCUT2D eigenvalue weighted by Crippen LogP contribution is -2.08. The Balaban J connectivity index is 1.95. The van der Waals surface area contributed by atoms with Crippen LogP contribution in [0.3, 0.4) is 0 Å². The summed E-state index contributed by atoms with van der Waals surface area (Å²) >= 11 is 0. The van der Waals surface area contributed by atoms with Crippen LogP contribution >= 0.6 is 0 Å². The van der Waals surface area contributed by atoms with Gasteiger partial charge in [0.25, 0.3) is 0 Å². The smallest absolute Gasteiger partial charge is 0.305 e. The maximum Gasteiger partial charge on any atom is 0.305 e. The predicted molar refractivity (Wildman–Crippen MR) is 75.1 cm³/mol. The van der Waals surface area contributed by atoms with Gasteiger partial charge in [-0.25, -0.2) is 0 Å². The zero-order chi connectivity index (χ0) is 13.8. The van der Waals surface area contributed by atoms with Gasteiger partial charge in [-0.05, 0) is 31.0 Å². The molecule has 105 valence electrons. The second kappa shape index (κ2) is 10.4. The first-order valence-corrected chi connectivity index (χ1v) is 7.07. The second-order valence-corrected chi connectivity index (χ2v) is 4.47. The molecule has 1 rings (SSSR count). The van der Waals surface area contributed by atoms with Gasteiger partial charge in [0.05, 0.1) is 13.2 Å². The van der Waals surface area contributed by atoms with E-state index in [-0.39, 0.29) is 5.97 Å². The molecule has 0 spiro atoms. The number of carbonyl (C=O) groups excluding carboxylic acids is 1. The number of esters is 1. The Hall–Kier alpha value is -1.51. The Morgan fingerprint density at radius 1 is 1.11 bits per heavy atom. The molecule has 3 nitrogen and oxygen atoms in total. The van der Waals surface area contributed by atoms with Crippen LogP contribution in [-0.2, 0) is 9.53 Å². The molecule has 0 aliphatic rings. The molecule has 1 radical (unpaired) electrons. The molecule has 0 aromatic heterocycles. The van der Waals surface area contributed by atoms with Crippen LogP contribution in [0, 0.1) is 6.07 Å². The number of unbranched alkanes of at least 4 members (excludes halogenated alkanes) is 3. The highest BCUT2D eigenvalue weighted by Crippen LogP contribution is 2.08. The maximum atomic E-state index is 11.4. The van der Waals surface area contributed by atoms with Crippen molar-refractivity contribution in [2.45, 2.75) is 45.4 Å². The number of benzene rings is 1. The van der Waals surface area contributed by atoms with Crippen molar-refractivity contribution in [2.75, 3.05) is 13.2 Å². The Kier molecular flexibility index (Phi) is 8.52. The molecule has 0 bridgehead atoms. The van der Waals surface area contributed by atoms with E-state index >= 15 is 0 Å². The fraction of sp³-hybridized carbons (Fsp3) is 0.562. The largest absolute Gasteiger partial charge is 0.494 e. The van der Waals surface area contributed by atoms with Gasteiger partial charge in [0.1, 0.15) is 5.75 Å². The third-order valence-corrected chi connectivity index (χ3v) is 2.74. The van der Waals surface area contributed by atoms with Gasteiger partial charge < -0.3 is 9.47 Å². The molecule has 0 aliphatic heterocycles. The summed E-state index contributed by atoms with van der Waals surface area (Å²) in [4.78, 5) is 11.4. The minimum absolute atomic E-state index is 0.124. The number of hydrogen-bond acceptors (Lipinski definition) is 3. The lowest BCUT2D eigenvalue weighted by Gasteiger charge is -2.06. The standard InChI is InChI=1S/C16H23O3/c1-2-3-4-8-13-19-16(17)12-9-14-18-15-10-6-5-7-11-15/h6-7,10-11H,2-4,8-9,12-14H2,1H3. The highest BCUT2D eigenvalue weighted by Gasteiger charge is 2.02. The van der Waals surface area contributed by atoms with Crippen LogP contribution in [0.15, 0.2) is 24.3 Å². The molecule has 1 aromatic carbocycles. The highest BCUT2D eigenvalue weighted by molar-refractivity contribution is 5.69. The normalized spacial score (nSPS) is 10.2. The number of ether oxygens (including phenoxy) is 2. The van der Waals surface area contributed by atoms with E-state index in [1.54, 1.807) is 12.1 Å². The van der Waals surface area contributed by atoms with E-state index in [1.807, 2.05) is 12.1 Å². The Morgan fingerprint density at radius 3 is 2.63 bits per heavy atom. The van der Waals surface area contributed by atoms with Gasteiger partial charge in [0.2, 0.25) is 0 Å². The second-order valence-electron chi connectivity index (χ2n) is 4.47. The summed E-state index contributed by atoms with van der Waals surface area (Å²) < 4.78 is 10.6. The zero-order valence-corrected chi connectivity index (χ0v) is 11.7. The van der Waals surface area contributed by atoms with Gasteiger partial charge in [0.15, 0.2) is 0 Å². The van der Waals surface area contributed by atoms with Crippen LogP contribution in [0.4, 0.5) is 0 Å². The van der Waals surface area contributed by atoms with Crippen molar-refractivity contribution in [3.8, 4) is 5.75 Å². The average Bonchev–Trinajstić information content (AvgIpc) is 2.44. The molecule has 3 heteroatoms. The van der Waals surface area contributed by atoms with E-state index in [9.17, 15) is 4.79 Å². The van der Waals surface area contributed by atoms with Crippen LogP contribution in [0.25, 0.3) is 0 Å². The molecule has 0 saturated heterocycles. The van der Waals surface area contributed by atoms with Gasteiger partial charge in [-0.15, -0.1) is 0 Å². The molecule has 0 unspecified atom stereocenters. The Labute approximate surface area is 115 Å². The molecular weight excluding hydrogens is 240 g/mol. The summed E-state index contributed by atoms with van der Waals surface area (Å²) in [5.41, 5.74) is 0. The summed E-state index contributed by atoms with van der Waals surface area (Å²) in [6.45, 7) is 3.25. The number of hydrogen-bond donors (Lipinski definition) is 0.